The molecule has 0 radical (unpaired) electrons. The third-order valence-electron chi connectivity index (χ3n) is 3.77. The van der Waals surface area contributed by atoms with Crippen LogP contribution in [0, 0.1) is 0 Å². The van der Waals surface area contributed by atoms with Gasteiger partial charge in [-0.3, -0.25) is 19.8 Å². The van der Waals surface area contributed by atoms with Crippen LogP contribution in [-0.2, 0) is 4.79 Å². The predicted molar refractivity (Wildman–Crippen MR) is 92.6 cm³/mol. The molecule has 1 aliphatic rings. The molecule has 0 bridgehead atoms. The van der Waals surface area contributed by atoms with Gasteiger partial charge in [-0.05, 0) is 29.3 Å². The van der Waals surface area contributed by atoms with Gasteiger partial charge in [0.1, 0.15) is 5.75 Å². The third kappa shape index (κ3) is 3.18. The highest BCUT2D eigenvalue weighted by atomic mass is 16.3. The van der Waals surface area contributed by atoms with Crippen LogP contribution in [0.25, 0.3) is 11.6 Å². The predicted octanol–water partition coefficient (Wildman–Crippen LogP) is 2.08. The second-order valence-corrected chi connectivity index (χ2v) is 5.30. The van der Waals surface area contributed by atoms with Gasteiger partial charge in [0.05, 0.1) is 11.1 Å². The Balaban J connectivity index is 1.77. The number of phenolic OH excluding ortho intramolecular Hbond substituents is 1. The molecule has 1 aliphatic carbocycles. The molecule has 25 heavy (non-hydrogen) atoms. The number of ketones is 1. The number of amides is 1. The summed E-state index contributed by atoms with van der Waals surface area (Å²) in [7, 11) is 0. The molecule has 3 rings (SSSR count). The van der Waals surface area contributed by atoms with Gasteiger partial charge in [-0.15, -0.1) is 0 Å². The first-order valence-corrected chi connectivity index (χ1v) is 7.47. The maximum absolute atomic E-state index is 12.1. The maximum atomic E-state index is 12.1. The number of rotatable bonds is 4. The number of allylic oxidation sites excluding steroid dienone is 2. The number of para-hydroxylation sites is 1. The summed E-state index contributed by atoms with van der Waals surface area (Å²) in [5.74, 6) is -1.22. The number of hydrogen-bond acceptors (Lipinski definition) is 5. The molecule has 0 unspecified atom stereocenters. The Bertz CT molecular complexity index is 929. The number of benzene rings is 2. The van der Waals surface area contributed by atoms with Gasteiger partial charge in [-0.2, -0.15) is 0 Å². The lowest BCUT2D eigenvalue weighted by atomic mass is 9.92. The highest BCUT2D eigenvalue weighted by molar-refractivity contribution is 6.29. The van der Waals surface area contributed by atoms with Gasteiger partial charge in [-0.25, -0.2) is 0 Å². The van der Waals surface area contributed by atoms with E-state index < -0.39 is 11.7 Å². The molecule has 1 amide bonds. The van der Waals surface area contributed by atoms with Crippen LogP contribution in [0.3, 0.4) is 0 Å². The minimum absolute atomic E-state index is 0.0209. The number of aldehydes is 1. The monoisotopic (exact) mass is 334 g/mol. The first-order valence-electron chi connectivity index (χ1n) is 7.47. The number of carbonyl (C=O) groups is 3. The number of nitrogens with one attached hydrogen (secondary N) is 2. The number of hydrogen-bond donors (Lipinski definition) is 3. The first kappa shape index (κ1) is 16.2. The molecule has 0 spiro atoms. The van der Waals surface area contributed by atoms with Crippen molar-refractivity contribution in [2.45, 2.75) is 0 Å². The molecule has 0 aromatic heterocycles. The molecule has 0 aliphatic heterocycles. The molecule has 3 N–H and O–H groups in total. The van der Waals surface area contributed by atoms with Crippen molar-refractivity contribution in [2.24, 2.45) is 0 Å². The summed E-state index contributed by atoms with van der Waals surface area (Å²) in [6.07, 6.45) is 5.04. The Kier molecular flexibility index (Phi) is 4.43. The fourth-order valence-corrected chi connectivity index (χ4v) is 2.51. The van der Waals surface area contributed by atoms with Crippen molar-refractivity contribution in [3.63, 3.8) is 0 Å². The van der Waals surface area contributed by atoms with Gasteiger partial charge in [0.15, 0.2) is 12.1 Å². The van der Waals surface area contributed by atoms with E-state index in [4.69, 9.17) is 0 Å². The van der Waals surface area contributed by atoms with E-state index in [0.29, 0.717) is 11.9 Å². The smallest absolute Gasteiger partial charge is 0.273 e. The SMILES string of the molecule is O=Cc1cccc(C(=O)NN/C=C2\C(=O)C=Cc3ccccc32)c1O. The Morgan fingerprint density at radius 3 is 2.64 bits per heavy atom. The maximum Gasteiger partial charge on any atom is 0.273 e. The molecule has 0 saturated heterocycles. The molecular formula is C19H14N2O4. The minimum atomic E-state index is -0.634. The Hall–Kier alpha value is -3.67. The van der Waals surface area contributed by atoms with Gasteiger partial charge < -0.3 is 10.5 Å². The van der Waals surface area contributed by atoms with Crippen molar-refractivity contribution in [2.75, 3.05) is 0 Å². The van der Waals surface area contributed by atoms with Gasteiger partial charge in [0.2, 0.25) is 0 Å². The number of aromatic hydroxyl groups is 1. The van der Waals surface area contributed by atoms with Crippen LogP contribution in [0.15, 0.2) is 54.7 Å². The molecule has 0 saturated carbocycles. The Morgan fingerprint density at radius 1 is 1.04 bits per heavy atom. The molecule has 0 heterocycles. The molecule has 0 fully saturated rings. The average molecular weight is 334 g/mol. The first-order chi connectivity index (χ1) is 12.1. The fourth-order valence-electron chi connectivity index (χ4n) is 2.51. The zero-order valence-corrected chi connectivity index (χ0v) is 13.0. The Morgan fingerprint density at radius 2 is 1.84 bits per heavy atom. The van der Waals surface area contributed by atoms with Crippen molar-refractivity contribution in [1.82, 2.24) is 10.9 Å². The van der Waals surface area contributed by atoms with Crippen molar-refractivity contribution in [1.29, 1.82) is 0 Å². The summed E-state index contributed by atoms with van der Waals surface area (Å²) in [4.78, 5) is 35.0. The summed E-state index contributed by atoms with van der Waals surface area (Å²) >= 11 is 0. The van der Waals surface area contributed by atoms with E-state index in [1.54, 1.807) is 6.08 Å². The van der Waals surface area contributed by atoms with E-state index in [2.05, 4.69) is 10.9 Å². The van der Waals surface area contributed by atoms with E-state index in [9.17, 15) is 19.5 Å². The van der Waals surface area contributed by atoms with Crippen LogP contribution in [0.5, 0.6) is 5.75 Å². The summed E-state index contributed by atoms with van der Waals surface area (Å²) in [6.45, 7) is 0. The largest absolute Gasteiger partial charge is 0.506 e. The van der Waals surface area contributed by atoms with Gasteiger partial charge in [-0.1, -0.05) is 36.4 Å². The third-order valence-corrected chi connectivity index (χ3v) is 3.77. The standard InChI is InChI=1S/C19H14N2O4/c22-11-13-5-3-7-15(18(13)24)19(25)21-20-10-16-14-6-2-1-4-12(14)8-9-17(16)23/h1-11,20,24H,(H,21,25)/b16-10-. The number of hydrazine groups is 1. The lowest BCUT2D eigenvalue weighted by Crippen LogP contribution is -2.34. The molecule has 0 atom stereocenters. The van der Waals surface area contributed by atoms with Crippen LogP contribution in [0.1, 0.15) is 31.8 Å². The number of fused-ring (bicyclic) bond motifs is 1. The van der Waals surface area contributed by atoms with Crippen LogP contribution in [-0.4, -0.2) is 23.1 Å². The second kappa shape index (κ2) is 6.84. The quantitative estimate of drug-likeness (QED) is 0.452. The van der Waals surface area contributed by atoms with Crippen molar-refractivity contribution < 1.29 is 19.5 Å². The van der Waals surface area contributed by atoms with E-state index >= 15 is 0 Å². The van der Waals surface area contributed by atoms with Crippen LogP contribution >= 0.6 is 0 Å². The van der Waals surface area contributed by atoms with Crippen molar-refractivity contribution in [3.05, 3.63) is 77.0 Å². The zero-order valence-electron chi connectivity index (χ0n) is 13.0. The lowest BCUT2D eigenvalue weighted by Gasteiger charge is -2.14. The topological polar surface area (TPSA) is 95.5 Å². The highest BCUT2D eigenvalue weighted by Gasteiger charge is 2.17. The summed E-state index contributed by atoms with van der Waals surface area (Å²) < 4.78 is 0. The number of phenols is 1. The Labute approximate surface area is 143 Å². The fraction of sp³-hybridized carbons (Fsp3) is 0. The van der Waals surface area contributed by atoms with Gasteiger partial charge in [0, 0.05) is 11.8 Å². The van der Waals surface area contributed by atoms with E-state index in [-0.39, 0.29) is 16.9 Å². The zero-order chi connectivity index (χ0) is 17.8. The van der Waals surface area contributed by atoms with E-state index in [1.165, 1.54) is 30.5 Å². The lowest BCUT2D eigenvalue weighted by molar-refractivity contribution is -0.109. The van der Waals surface area contributed by atoms with Gasteiger partial charge in [0.25, 0.3) is 5.91 Å². The van der Waals surface area contributed by atoms with Gasteiger partial charge >= 0.3 is 0 Å². The van der Waals surface area contributed by atoms with Crippen LogP contribution < -0.4 is 10.9 Å². The molecule has 2 aromatic rings. The molecule has 6 heteroatoms. The number of carbonyl (C=O) groups excluding carboxylic acids is 3. The van der Waals surface area contributed by atoms with Crippen molar-refractivity contribution >= 4 is 29.6 Å². The molecule has 2 aromatic carbocycles. The summed E-state index contributed by atoms with van der Waals surface area (Å²) in [5, 5.41) is 9.88. The van der Waals surface area contributed by atoms with E-state index in [1.807, 2.05) is 24.3 Å². The molecule has 124 valence electrons. The highest BCUT2D eigenvalue weighted by Crippen LogP contribution is 2.25. The summed E-state index contributed by atoms with van der Waals surface area (Å²) in [5.41, 5.74) is 6.98. The minimum Gasteiger partial charge on any atom is -0.506 e. The normalized spacial score (nSPS) is 14.1. The van der Waals surface area contributed by atoms with Crippen LogP contribution in [0.4, 0.5) is 0 Å². The summed E-state index contributed by atoms with van der Waals surface area (Å²) in [6, 6.07) is 11.7. The van der Waals surface area contributed by atoms with E-state index in [0.717, 1.165) is 11.1 Å². The molecular weight excluding hydrogens is 320 g/mol. The average Bonchev–Trinajstić information content (AvgIpc) is 2.63. The second-order valence-electron chi connectivity index (χ2n) is 5.30. The molecule has 6 nitrogen and oxygen atoms in total. The van der Waals surface area contributed by atoms with Crippen LogP contribution in [0.2, 0.25) is 0 Å². The van der Waals surface area contributed by atoms with Crippen molar-refractivity contribution in [3.8, 4) is 5.75 Å².